The van der Waals surface area contributed by atoms with E-state index in [-0.39, 0.29) is 0 Å². The van der Waals surface area contributed by atoms with Crippen molar-refractivity contribution in [3.63, 3.8) is 0 Å². The first-order valence-corrected chi connectivity index (χ1v) is 17.5. The van der Waals surface area contributed by atoms with Gasteiger partial charge in [-0.05, 0) is 57.3 Å². The van der Waals surface area contributed by atoms with Crippen molar-refractivity contribution in [1.82, 2.24) is 15.0 Å². The topological polar surface area (TPSA) is 51.8 Å². The molecule has 3 aromatic heterocycles. The number of hydrogen-bond donors (Lipinski definition) is 0. The van der Waals surface area contributed by atoms with E-state index in [0.29, 0.717) is 17.5 Å². The minimum atomic E-state index is 0.623. The summed E-state index contributed by atoms with van der Waals surface area (Å²) in [4.78, 5) is 15.6. The highest BCUT2D eigenvalue weighted by Crippen LogP contribution is 2.47. The molecule has 0 aliphatic carbocycles. The van der Waals surface area contributed by atoms with E-state index in [1.54, 1.807) is 0 Å². The Labute approximate surface area is 289 Å². The molecule has 0 aliphatic rings. The maximum absolute atomic E-state index is 6.16. The Morgan fingerprint density at radius 3 is 1.88 bits per heavy atom. The number of hydrogen-bond acceptors (Lipinski definition) is 5. The van der Waals surface area contributed by atoms with Crippen LogP contribution in [0.3, 0.4) is 0 Å². The van der Waals surface area contributed by atoms with E-state index in [1.807, 2.05) is 59.9 Å². The summed E-state index contributed by atoms with van der Waals surface area (Å²) >= 11 is 1.87. The lowest BCUT2D eigenvalue weighted by molar-refractivity contribution is 0.669. The summed E-state index contributed by atoms with van der Waals surface area (Å²) in [6.45, 7) is 0. The maximum Gasteiger partial charge on any atom is 0.164 e. The fourth-order valence-electron chi connectivity index (χ4n) is 7.54. The number of aromatic nitrogens is 3. The molecule has 0 saturated heterocycles. The van der Waals surface area contributed by atoms with Gasteiger partial charge in [0.15, 0.2) is 17.5 Å². The molecule has 11 aromatic rings. The quantitative estimate of drug-likeness (QED) is 0.178. The lowest BCUT2D eigenvalue weighted by atomic mass is 9.95. The molecule has 0 fully saturated rings. The fraction of sp³-hybridized carbons (Fsp3) is 0. The van der Waals surface area contributed by atoms with Crippen LogP contribution in [0.2, 0.25) is 0 Å². The maximum atomic E-state index is 6.16. The summed E-state index contributed by atoms with van der Waals surface area (Å²) < 4.78 is 8.68. The van der Waals surface area contributed by atoms with E-state index < -0.39 is 0 Å². The van der Waals surface area contributed by atoms with Gasteiger partial charge in [-0.15, -0.1) is 11.3 Å². The van der Waals surface area contributed by atoms with Gasteiger partial charge in [0.2, 0.25) is 0 Å². The van der Waals surface area contributed by atoms with Crippen LogP contribution in [0, 0.1) is 0 Å². The standard InChI is InChI=1S/C45H25N3OS/c1-2-12-28(13-3-1)43-46-44(30-21-23-38-35(25-30)33-16-8-9-17-37(33)49-38)48-45(47-43)36-24-29-19-18-26-10-4-6-14-31(26)39(29)42-40(36)34-22-20-27-11-5-7-15-32(27)41(34)50-42/h1-25H. The van der Waals surface area contributed by atoms with Crippen LogP contribution in [0.1, 0.15) is 0 Å². The first kappa shape index (κ1) is 27.5. The van der Waals surface area contributed by atoms with Gasteiger partial charge >= 0.3 is 0 Å². The summed E-state index contributed by atoms with van der Waals surface area (Å²) in [5, 5.41) is 11.9. The Morgan fingerprint density at radius 2 is 1.02 bits per heavy atom. The Bertz CT molecular complexity index is 3160. The van der Waals surface area contributed by atoms with Crippen LogP contribution in [-0.2, 0) is 0 Å². The summed E-state index contributed by atoms with van der Waals surface area (Å²) in [6.07, 6.45) is 0. The van der Waals surface area contributed by atoms with Crippen LogP contribution in [-0.4, -0.2) is 15.0 Å². The van der Waals surface area contributed by atoms with E-state index in [4.69, 9.17) is 19.4 Å². The van der Waals surface area contributed by atoms with Crippen molar-refractivity contribution in [3.8, 4) is 34.2 Å². The van der Waals surface area contributed by atoms with E-state index >= 15 is 0 Å². The molecular weight excluding hydrogens is 631 g/mol. The van der Waals surface area contributed by atoms with E-state index in [2.05, 4.69) is 103 Å². The second-order valence-corrected chi connectivity index (χ2v) is 13.8. The smallest absolute Gasteiger partial charge is 0.164 e. The lowest BCUT2D eigenvalue weighted by Gasteiger charge is -2.12. The molecular formula is C45H25N3OS. The van der Waals surface area contributed by atoms with Gasteiger partial charge in [0.1, 0.15) is 11.2 Å². The highest BCUT2D eigenvalue weighted by atomic mass is 32.1. The van der Waals surface area contributed by atoms with Crippen molar-refractivity contribution in [2.45, 2.75) is 0 Å². The molecule has 0 amide bonds. The zero-order valence-corrected chi connectivity index (χ0v) is 27.4. The molecule has 232 valence electrons. The third-order valence-electron chi connectivity index (χ3n) is 9.88. The molecule has 8 aromatic carbocycles. The second kappa shape index (κ2) is 10.5. The molecule has 0 unspecified atom stereocenters. The molecule has 0 radical (unpaired) electrons. The first-order valence-electron chi connectivity index (χ1n) is 16.7. The highest BCUT2D eigenvalue weighted by Gasteiger charge is 2.21. The Hall–Kier alpha value is -6.43. The van der Waals surface area contributed by atoms with E-state index in [0.717, 1.165) is 44.0 Å². The van der Waals surface area contributed by atoms with Gasteiger partial charge in [-0.25, -0.2) is 15.0 Å². The van der Waals surface area contributed by atoms with Gasteiger partial charge in [-0.2, -0.15) is 0 Å². The molecule has 0 saturated carbocycles. The number of furan rings is 1. The predicted octanol–water partition coefficient (Wildman–Crippen LogP) is 12.6. The number of nitrogens with zero attached hydrogens (tertiary/aromatic N) is 3. The molecule has 4 nitrogen and oxygen atoms in total. The minimum Gasteiger partial charge on any atom is -0.456 e. The second-order valence-electron chi connectivity index (χ2n) is 12.8. The molecule has 0 aliphatic heterocycles. The summed E-state index contributed by atoms with van der Waals surface area (Å²) in [7, 11) is 0. The van der Waals surface area contributed by atoms with Crippen LogP contribution < -0.4 is 0 Å². The highest BCUT2D eigenvalue weighted by molar-refractivity contribution is 7.27. The summed E-state index contributed by atoms with van der Waals surface area (Å²) in [6, 6.07) is 53.1. The molecule has 0 N–H and O–H groups in total. The van der Waals surface area contributed by atoms with Gasteiger partial charge in [-0.1, -0.05) is 121 Å². The molecule has 0 atom stereocenters. The first-order chi connectivity index (χ1) is 24.8. The van der Waals surface area contributed by atoms with Gasteiger partial charge in [0.05, 0.1) is 0 Å². The summed E-state index contributed by atoms with van der Waals surface area (Å²) in [5.41, 5.74) is 4.56. The number of rotatable bonds is 3. The average Bonchev–Trinajstić information content (AvgIpc) is 3.76. The minimum absolute atomic E-state index is 0.623. The van der Waals surface area contributed by atoms with Crippen LogP contribution >= 0.6 is 11.3 Å². The van der Waals surface area contributed by atoms with Crippen LogP contribution in [0.25, 0.3) is 109 Å². The normalized spacial score (nSPS) is 12.0. The lowest BCUT2D eigenvalue weighted by Crippen LogP contribution is -2.00. The Balaban J connectivity index is 1.26. The Morgan fingerprint density at radius 1 is 0.380 bits per heavy atom. The van der Waals surface area contributed by atoms with Crippen LogP contribution in [0.5, 0.6) is 0 Å². The van der Waals surface area contributed by atoms with Crippen LogP contribution in [0.4, 0.5) is 0 Å². The molecule has 0 bridgehead atoms. The third kappa shape index (κ3) is 4.08. The Kier molecular flexibility index (Phi) is 5.80. The van der Waals surface area contributed by atoms with Crippen molar-refractivity contribution in [2.24, 2.45) is 0 Å². The molecule has 5 heteroatoms. The molecule has 0 spiro atoms. The third-order valence-corrected chi connectivity index (χ3v) is 11.1. The molecule has 11 rings (SSSR count). The van der Waals surface area contributed by atoms with Gasteiger partial charge in [0, 0.05) is 53.0 Å². The number of fused-ring (bicyclic) bond motifs is 12. The van der Waals surface area contributed by atoms with Gasteiger partial charge in [0.25, 0.3) is 0 Å². The monoisotopic (exact) mass is 655 g/mol. The largest absolute Gasteiger partial charge is 0.456 e. The van der Waals surface area contributed by atoms with Crippen molar-refractivity contribution >= 4 is 85.8 Å². The SMILES string of the molecule is c1ccc(-c2nc(-c3ccc4oc5ccccc5c4c3)nc(-c3cc4ccc5ccccc5c4c4sc5c6ccccc6ccc5c34)n2)cc1. The van der Waals surface area contributed by atoms with Crippen molar-refractivity contribution < 1.29 is 4.42 Å². The molecule has 3 heterocycles. The average molecular weight is 656 g/mol. The van der Waals surface area contributed by atoms with Crippen molar-refractivity contribution in [1.29, 1.82) is 0 Å². The zero-order valence-electron chi connectivity index (χ0n) is 26.6. The molecule has 50 heavy (non-hydrogen) atoms. The van der Waals surface area contributed by atoms with Crippen LogP contribution in [0.15, 0.2) is 156 Å². The number of para-hydroxylation sites is 1. The van der Waals surface area contributed by atoms with Gasteiger partial charge in [-0.3, -0.25) is 0 Å². The van der Waals surface area contributed by atoms with Crippen molar-refractivity contribution in [3.05, 3.63) is 152 Å². The van der Waals surface area contributed by atoms with Gasteiger partial charge < -0.3 is 4.42 Å². The van der Waals surface area contributed by atoms with E-state index in [9.17, 15) is 0 Å². The van der Waals surface area contributed by atoms with E-state index in [1.165, 1.54) is 47.1 Å². The number of benzene rings is 8. The summed E-state index contributed by atoms with van der Waals surface area (Å²) in [5.74, 6) is 1.91. The van der Waals surface area contributed by atoms with Crippen molar-refractivity contribution in [2.75, 3.05) is 0 Å². The predicted molar refractivity (Wildman–Crippen MR) is 209 cm³/mol. The number of thiophene rings is 1. The zero-order chi connectivity index (χ0) is 32.8. The fourth-order valence-corrected chi connectivity index (χ4v) is 8.97.